The van der Waals surface area contributed by atoms with E-state index in [2.05, 4.69) is 62.9 Å². The van der Waals surface area contributed by atoms with Gasteiger partial charge < -0.3 is 5.32 Å². The molecule has 2 aromatic carbocycles. The Morgan fingerprint density at radius 2 is 2.05 bits per heavy atom. The third kappa shape index (κ3) is 4.65. The predicted molar refractivity (Wildman–Crippen MR) is 98.4 cm³/mol. The molecule has 1 atom stereocenters. The van der Waals surface area contributed by atoms with Crippen LogP contribution < -0.4 is 5.32 Å². The lowest BCUT2D eigenvalue weighted by atomic mass is 9.99. The molecule has 0 spiro atoms. The normalized spacial score (nSPS) is 12.4. The Bertz CT molecular complexity index is 636. The molecule has 0 saturated carbocycles. The minimum atomic E-state index is -0.369. The Hall–Kier alpha value is -0.170. The van der Waals surface area contributed by atoms with Crippen LogP contribution in [0.1, 0.15) is 24.1 Å². The summed E-state index contributed by atoms with van der Waals surface area (Å²) in [4.78, 5) is 0. The van der Waals surface area contributed by atoms with E-state index >= 15 is 0 Å². The van der Waals surface area contributed by atoms with Crippen LogP contribution in [0.15, 0.2) is 40.9 Å². The summed E-state index contributed by atoms with van der Waals surface area (Å²) in [5, 5.41) is 3.62. The van der Waals surface area contributed by atoms with Crippen LogP contribution in [0.2, 0.25) is 5.02 Å². The lowest BCUT2D eigenvalue weighted by Gasteiger charge is -2.20. The Labute approximate surface area is 151 Å². The van der Waals surface area contributed by atoms with Crippen LogP contribution in [0.5, 0.6) is 0 Å². The lowest BCUT2D eigenvalue weighted by molar-refractivity contribution is 0.544. The van der Waals surface area contributed by atoms with Gasteiger partial charge in [0.15, 0.2) is 0 Å². The van der Waals surface area contributed by atoms with Gasteiger partial charge in [-0.2, -0.15) is 0 Å². The van der Waals surface area contributed by atoms with Crippen LogP contribution in [-0.2, 0) is 6.42 Å². The Morgan fingerprint density at radius 1 is 1.29 bits per heavy atom. The second kappa shape index (κ2) is 7.90. The smallest absolute Gasteiger partial charge is 0.142 e. The molecule has 0 bridgehead atoms. The molecule has 0 radical (unpaired) electrons. The highest BCUT2D eigenvalue weighted by Crippen LogP contribution is 2.28. The number of nitrogens with one attached hydrogen (secondary N) is 1. The van der Waals surface area contributed by atoms with Gasteiger partial charge in [-0.15, -0.1) is 0 Å². The Morgan fingerprint density at radius 3 is 2.71 bits per heavy atom. The van der Waals surface area contributed by atoms with Crippen molar-refractivity contribution in [2.24, 2.45) is 0 Å². The molecule has 0 heterocycles. The molecule has 0 aliphatic carbocycles. The van der Waals surface area contributed by atoms with Crippen LogP contribution in [0, 0.1) is 9.39 Å². The number of halogens is 4. The predicted octanol–water partition coefficient (Wildman–Crippen LogP) is 5.74. The van der Waals surface area contributed by atoms with E-state index in [9.17, 15) is 4.39 Å². The number of rotatable bonds is 5. The van der Waals surface area contributed by atoms with E-state index in [0.717, 1.165) is 16.6 Å². The van der Waals surface area contributed by atoms with Gasteiger partial charge in [0, 0.05) is 14.1 Å². The zero-order valence-electron chi connectivity index (χ0n) is 11.5. The molecule has 0 amide bonds. The molecule has 1 unspecified atom stereocenters. The summed E-state index contributed by atoms with van der Waals surface area (Å²) in [7, 11) is 0. The number of benzene rings is 2. The number of hydrogen-bond acceptors (Lipinski definition) is 1. The van der Waals surface area contributed by atoms with Gasteiger partial charge in [0.2, 0.25) is 0 Å². The molecular formula is C16H15BrClFIN. The van der Waals surface area contributed by atoms with Crippen LogP contribution in [0.3, 0.4) is 0 Å². The van der Waals surface area contributed by atoms with Crippen molar-refractivity contribution in [3.8, 4) is 0 Å². The van der Waals surface area contributed by atoms with Crippen molar-refractivity contribution in [1.29, 1.82) is 0 Å². The third-order valence-corrected chi connectivity index (χ3v) is 4.91. The van der Waals surface area contributed by atoms with Gasteiger partial charge in [0.1, 0.15) is 5.82 Å². The first kappa shape index (κ1) is 17.2. The van der Waals surface area contributed by atoms with Crippen LogP contribution >= 0.6 is 50.1 Å². The van der Waals surface area contributed by atoms with E-state index in [1.807, 2.05) is 12.1 Å². The first-order chi connectivity index (χ1) is 10.0. The molecular weight excluding hydrogens is 467 g/mol. The van der Waals surface area contributed by atoms with Crippen molar-refractivity contribution in [1.82, 2.24) is 5.32 Å². The highest BCUT2D eigenvalue weighted by molar-refractivity contribution is 14.1. The average molecular weight is 483 g/mol. The Kier molecular flexibility index (Phi) is 6.47. The van der Waals surface area contributed by atoms with Crippen LogP contribution in [-0.4, -0.2) is 6.54 Å². The molecule has 1 N–H and O–H groups in total. The van der Waals surface area contributed by atoms with Gasteiger partial charge in [-0.25, -0.2) is 4.39 Å². The first-order valence-corrected chi connectivity index (χ1v) is 8.88. The van der Waals surface area contributed by atoms with Crippen molar-refractivity contribution >= 4 is 50.1 Å². The van der Waals surface area contributed by atoms with Crippen molar-refractivity contribution in [3.05, 3.63) is 66.4 Å². The van der Waals surface area contributed by atoms with E-state index in [-0.39, 0.29) is 16.9 Å². The van der Waals surface area contributed by atoms with Gasteiger partial charge in [-0.05, 0) is 77.0 Å². The highest BCUT2D eigenvalue weighted by Gasteiger charge is 2.15. The molecule has 112 valence electrons. The molecule has 2 rings (SSSR count). The average Bonchev–Trinajstić information content (AvgIpc) is 2.45. The summed E-state index contributed by atoms with van der Waals surface area (Å²) in [5.74, 6) is -0.369. The number of likely N-dealkylation sites (N-methyl/N-ethyl adjacent to an activating group) is 1. The van der Waals surface area contributed by atoms with E-state index in [4.69, 9.17) is 11.6 Å². The summed E-state index contributed by atoms with van der Waals surface area (Å²) >= 11 is 11.6. The second-order valence-electron chi connectivity index (χ2n) is 4.73. The fraction of sp³-hybridized carbons (Fsp3) is 0.250. The molecule has 5 heteroatoms. The summed E-state index contributed by atoms with van der Waals surface area (Å²) in [6.45, 7) is 2.91. The van der Waals surface area contributed by atoms with Gasteiger partial charge in [-0.3, -0.25) is 0 Å². The van der Waals surface area contributed by atoms with Crippen molar-refractivity contribution < 1.29 is 4.39 Å². The molecule has 0 aromatic heterocycles. The fourth-order valence-electron chi connectivity index (χ4n) is 2.22. The van der Waals surface area contributed by atoms with E-state index in [1.165, 1.54) is 15.2 Å². The fourth-order valence-corrected chi connectivity index (χ4v) is 3.38. The van der Waals surface area contributed by atoms with Crippen LogP contribution in [0.4, 0.5) is 4.39 Å². The summed E-state index contributed by atoms with van der Waals surface area (Å²) < 4.78 is 15.8. The van der Waals surface area contributed by atoms with Crippen molar-refractivity contribution in [3.63, 3.8) is 0 Å². The van der Waals surface area contributed by atoms with Gasteiger partial charge >= 0.3 is 0 Å². The second-order valence-corrected chi connectivity index (χ2v) is 7.24. The highest BCUT2D eigenvalue weighted by atomic mass is 127. The number of hydrogen-bond donors (Lipinski definition) is 1. The van der Waals surface area contributed by atoms with E-state index in [1.54, 1.807) is 6.07 Å². The third-order valence-electron chi connectivity index (χ3n) is 3.21. The largest absolute Gasteiger partial charge is 0.310 e. The summed E-state index contributed by atoms with van der Waals surface area (Å²) in [6, 6.07) is 11.4. The monoisotopic (exact) mass is 481 g/mol. The minimum Gasteiger partial charge on any atom is -0.310 e. The molecule has 21 heavy (non-hydrogen) atoms. The molecule has 0 aliphatic heterocycles. The van der Waals surface area contributed by atoms with E-state index in [0.29, 0.717) is 6.42 Å². The summed E-state index contributed by atoms with van der Waals surface area (Å²) in [5.41, 5.74) is 2.10. The van der Waals surface area contributed by atoms with Gasteiger partial charge in [0.05, 0.1) is 5.02 Å². The Balaban J connectivity index is 2.30. The molecule has 0 fully saturated rings. The SMILES string of the molecule is CCNC(Cc1ccc(Cl)c(F)c1)c1cc(I)ccc1Br. The van der Waals surface area contributed by atoms with Gasteiger partial charge in [-0.1, -0.05) is 40.5 Å². The summed E-state index contributed by atoms with van der Waals surface area (Å²) in [6.07, 6.45) is 0.709. The standard InChI is InChI=1S/C16H15BrClFIN/c1-2-21-16(12-9-11(20)4-5-13(12)17)8-10-3-6-14(18)15(19)7-10/h3-7,9,16,21H,2,8H2,1H3. The maximum atomic E-state index is 13.6. The molecule has 0 saturated heterocycles. The first-order valence-electron chi connectivity index (χ1n) is 6.63. The van der Waals surface area contributed by atoms with Gasteiger partial charge in [0.25, 0.3) is 0 Å². The maximum absolute atomic E-state index is 13.6. The topological polar surface area (TPSA) is 12.0 Å². The molecule has 1 nitrogen and oxygen atoms in total. The van der Waals surface area contributed by atoms with Crippen molar-refractivity contribution in [2.75, 3.05) is 6.54 Å². The maximum Gasteiger partial charge on any atom is 0.142 e. The zero-order chi connectivity index (χ0) is 15.4. The van der Waals surface area contributed by atoms with E-state index < -0.39 is 0 Å². The van der Waals surface area contributed by atoms with Crippen LogP contribution in [0.25, 0.3) is 0 Å². The van der Waals surface area contributed by atoms with Crippen molar-refractivity contribution in [2.45, 2.75) is 19.4 Å². The quantitative estimate of drug-likeness (QED) is 0.536. The zero-order valence-corrected chi connectivity index (χ0v) is 16.0. The molecule has 0 aliphatic rings. The molecule has 2 aromatic rings. The lowest BCUT2D eigenvalue weighted by Crippen LogP contribution is -2.23. The minimum absolute atomic E-state index is 0.125.